The van der Waals surface area contributed by atoms with E-state index in [2.05, 4.69) is 10.1 Å². The molecule has 0 fully saturated rings. The maximum Gasteiger partial charge on any atom is 0.352 e. The number of pyridine rings is 1. The monoisotopic (exact) mass is 350 g/mol. The third kappa shape index (κ3) is 2.38. The van der Waals surface area contributed by atoms with Crippen LogP contribution >= 0.6 is 0 Å². The minimum absolute atomic E-state index is 0.209. The Kier molecular flexibility index (Phi) is 3.61. The van der Waals surface area contributed by atoms with Crippen molar-refractivity contribution in [3.63, 3.8) is 0 Å². The minimum atomic E-state index is -0.355. The molecule has 0 unspecified atom stereocenters. The summed E-state index contributed by atoms with van der Waals surface area (Å²) < 4.78 is 5.68. The summed E-state index contributed by atoms with van der Waals surface area (Å²) in [7, 11) is 1.59. The van der Waals surface area contributed by atoms with E-state index in [1.165, 1.54) is 13.9 Å². The lowest BCUT2D eigenvalue weighted by Gasteiger charge is -2.04. The molecule has 0 bridgehead atoms. The van der Waals surface area contributed by atoms with E-state index in [0.717, 1.165) is 16.6 Å². The SMILES string of the molecule is CC(C)n1c(=O)n(C)n(-c2ccc3nn(-c4cccnc4)cc3c2)c1=O. The molecule has 0 saturated carbocycles. The molecule has 0 aliphatic carbocycles. The van der Waals surface area contributed by atoms with E-state index in [9.17, 15) is 9.59 Å². The van der Waals surface area contributed by atoms with Gasteiger partial charge in [-0.3, -0.25) is 4.98 Å². The predicted octanol–water partition coefficient (Wildman–Crippen LogP) is 1.65. The van der Waals surface area contributed by atoms with Gasteiger partial charge in [0.05, 0.1) is 23.1 Å². The van der Waals surface area contributed by atoms with Crippen LogP contribution in [0.25, 0.3) is 22.3 Å². The van der Waals surface area contributed by atoms with Crippen LogP contribution in [0.15, 0.2) is 58.5 Å². The lowest BCUT2D eigenvalue weighted by atomic mass is 10.2. The fourth-order valence-corrected chi connectivity index (χ4v) is 3.05. The zero-order valence-corrected chi connectivity index (χ0v) is 14.7. The van der Waals surface area contributed by atoms with E-state index in [4.69, 9.17) is 0 Å². The van der Waals surface area contributed by atoms with Gasteiger partial charge in [-0.2, -0.15) is 9.78 Å². The van der Waals surface area contributed by atoms with Crippen molar-refractivity contribution in [3.05, 3.63) is 69.9 Å². The maximum absolute atomic E-state index is 12.7. The Morgan fingerprint density at radius 1 is 1.04 bits per heavy atom. The van der Waals surface area contributed by atoms with Gasteiger partial charge in [0.15, 0.2) is 0 Å². The molecule has 132 valence electrons. The molecule has 8 heteroatoms. The van der Waals surface area contributed by atoms with Gasteiger partial charge in [-0.1, -0.05) is 0 Å². The van der Waals surface area contributed by atoms with Gasteiger partial charge in [0.2, 0.25) is 0 Å². The first kappa shape index (κ1) is 16.1. The van der Waals surface area contributed by atoms with Gasteiger partial charge >= 0.3 is 11.4 Å². The van der Waals surface area contributed by atoms with Crippen LogP contribution in [0.5, 0.6) is 0 Å². The fraction of sp³-hybridized carbons (Fsp3) is 0.222. The van der Waals surface area contributed by atoms with Crippen molar-refractivity contribution in [1.29, 1.82) is 0 Å². The molecule has 26 heavy (non-hydrogen) atoms. The molecule has 0 saturated heterocycles. The number of aromatic nitrogens is 6. The molecule has 4 rings (SSSR count). The predicted molar refractivity (Wildman–Crippen MR) is 98.1 cm³/mol. The molecular formula is C18H18N6O2. The van der Waals surface area contributed by atoms with E-state index < -0.39 is 0 Å². The molecule has 0 aliphatic heterocycles. The Hall–Kier alpha value is -3.42. The van der Waals surface area contributed by atoms with Gasteiger partial charge in [0, 0.05) is 30.9 Å². The number of nitrogens with zero attached hydrogens (tertiary/aromatic N) is 6. The molecule has 0 amide bonds. The molecule has 0 radical (unpaired) electrons. The summed E-state index contributed by atoms with van der Waals surface area (Å²) in [6, 6.07) is 9.02. The Balaban J connectivity index is 1.88. The molecule has 0 atom stereocenters. The molecule has 1 aromatic carbocycles. The summed E-state index contributed by atoms with van der Waals surface area (Å²) in [5.74, 6) is 0. The second kappa shape index (κ2) is 5.83. The van der Waals surface area contributed by atoms with Crippen LogP contribution in [-0.2, 0) is 7.05 Å². The van der Waals surface area contributed by atoms with E-state index in [1.807, 2.05) is 44.3 Å². The Bertz CT molecular complexity index is 1210. The first-order valence-corrected chi connectivity index (χ1v) is 8.28. The lowest BCUT2D eigenvalue weighted by Crippen LogP contribution is -2.30. The highest BCUT2D eigenvalue weighted by molar-refractivity contribution is 5.80. The number of hydrogen-bond donors (Lipinski definition) is 0. The number of rotatable bonds is 3. The first-order valence-electron chi connectivity index (χ1n) is 8.28. The van der Waals surface area contributed by atoms with Gasteiger partial charge in [-0.15, -0.1) is 0 Å². The van der Waals surface area contributed by atoms with Crippen LogP contribution in [0.3, 0.4) is 0 Å². The zero-order valence-electron chi connectivity index (χ0n) is 14.7. The average Bonchev–Trinajstić information content (AvgIpc) is 3.14. The topological polar surface area (TPSA) is 79.6 Å². The Morgan fingerprint density at radius 2 is 1.85 bits per heavy atom. The van der Waals surface area contributed by atoms with Crippen molar-refractivity contribution in [2.45, 2.75) is 19.9 Å². The smallest absolute Gasteiger partial charge is 0.262 e. The second-order valence-electron chi connectivity index (χ2n) is 6.39. The van der Waals surface area contributed by atoms with Crippen molar-refractivity contribution in [1.82, 2.24) is 28.7 Å². The largest absolute Gasteiger partial charge is 0.352 e. The number of fused-ring (bicyclic) bond motifs is 1. The summed E-state index contributed by atoms with van der Waals surface area (Å²) in [6.45, 7) is 3.63. The van der Waals surface area contributed by atoms with Crippen LogP contribution in [0.4, 0.5) is 0 Å². The van der Waals surface area contributed by atoms with Crippen molar-refractivity contribution in [2.75, 3.05) is 0 Å². The van der Waals surface area contributed by atoms with Crippen LogP contribution < -0.4 is 11.4 Å². The number of hydrogen-bond acceptors (Lipinski definition) is 4. The van der Waals surface area contributed by atoms with Gasteiger partial charge < -0.3 is 0 Å². The standard InChI is InChI=1S/C18H18N6O2/c1-12(2)23-17(25)21(3)24(18(23)26)14-6-7-16-13(9-14)11-22(20-16)15-5-4-8-19-10-15/h4-12H,1-3H3. The summed E-state index contributed by atoms with van der Waals surface area (Å²) >= 11 is 0. The molecule has 3 heterocycles. The van der Waals surface area contributed by atoms with E-state index in [-0.39, 0.29) is 17.4 Å². The summed E-state index contributed by atoms with van der Waals surface area (Å²) in [4.78, 5) is 29.2. The highest BCUT2D eigenvalue weighted by Crippen LogP contribution is 2.18. The Labute approximate surface area is 148 Å². The molecule has 4 aromatic rings. The van der Waals surface area contributed by atoms with Crippen LogP contribution in [0.1, 0.15) is 19.9 Å². The number of benzene rings is 1. The van der Waals surface area contributed by atoms with E-state index in [0.29, 0.717) is 5.69 Å². The molecule has 8 nitrogen and oxygen atoms in total. The van der Waals surface area contributed by atoms with Gasteiger partial charge in [-0.05, 0) is 44.2 Å². The molecular weight excluding hydrogens is 332 g/mol. The van der Waals surface area contributed by atoms with Crippen molar-refractivity contribution in [2.24, 2.45) is 7.05 Å². The van der Waals surface area contributed by atoms with Gasteiger partial charge in [0.25, 0.3) is 0 Å². The minimum Gasteiger partial charge on any atom is -0.262 e. The van der Waals surface area contributed by atoms with Crippen molar-refractivity contribution >= 4 is 10.9 Å². The van der Waals surface area contributed by atoms with Crippen molar-refractivity contribution < 1.29 is 0 Å². The summed E-state index contributed by atoms with van der Waals surface area (Å²) in [6.07, 6.45) is 5.30. The zero-order chi connectivity index (χ0) is 18.4. The lowest BCUT2D eigenvalue weighted by molar-refractivity contribution is 0.554. The Morgan fingerprint density at radius 3 is 2.50 bits per heavy atom. The quantitative estimate of drug-likeness (QED) is 0.563. The summed E-state index contributed by atoms with van der Waals surface area (Å²) in [5, 5.41) is 5.39. The normalized spacial score (nSPS) is 11.5. The van der Waals surface area contributed by atoms with Crippen LogP contribution in [0, 0.1) is 0 Å². The molecule has 0 aliphatic rings. The second-order valence-corrected chi connectivity index (χ2v) is 6.39. The van der Waals surface area contributed by atoms with Crippen LogP contribution in [-0.4, -0.2) is 28.7 Å². The maximum atomic E-state index is 12.7. The highest BCUT2D eigenvalue weighted by Gasteiger charge is 2.17. The van der Waals surface area contributed by atoms with E-state index in [1.54, 1.807) is 30.2 Å². The third-order valence-electron chi connectivity index (χ3n) is 4.33. The van der Waals surface area contributed by atoms with Crippen molar-refractivity contribution in [3.8, 4) is 11.4 Å². The average molecular weight is 350 g/mol. The third-order valence-corrected chi connectivity index (χ3v) is 4.33. The first-order chi connectivity index (χ1) is 12.5. The fourth-order valence-electron chi connectivity index (χ4n) is 3.05. The molecule has 0 spiro atoms. The van der Waals surface area contributed by atoms with Crippen LogP contribution in [0.2, 0.25) is 0 Å². The highest BCUT2D eigenvalue weighted by atomic mass is 16.2. The van der Waals surface area contributed by atoms with Gasteiger partial charge in [0.1, 0.15) is 0 Å². The van der Waals surface area contributed by atoms with Gasteiger partial charge in [-0.25, -0.2) is 23.5 Å². The molecule has 0 N–H and O–H groups in total. The molecule has 3 aromatic heterocycles. The summed E-state index contributed by atoms with van der Waals surface area (Å²) in [5.41, 5.74) is 1.56. The van der Waals surface area contributed by atoms with E-state index >= 15 is 0 Å².